The smallest absolute Gasteiger partial charge is 0.118 e. The number of benzene rings is 1. The Hall–Kier alpha value is -0.980. The zero-order valence-electron chi connectivity index (χ0n) is 11.1. The normalized spacial score (nSPS) is 17.6. The molecule has 1 N–H and O–H groups in total. The van der Waals surface area contributed by atoms with Crippen molar-refractivity contribution in [1.29, 1.82) is 0 Å². The topological polar surface area (TPSA) is 20.2 Å². The maximum absolute atomic E-state index is 9.88. The zero-order valence-corrected chi connectivity index (χ0v) is 11.1. The molecule has 0 atom stereocenters. The summed E-state index contributed by atoms with van der Waals surface area (Å²) in [5.41, 5.74) is 2.57. The minimum Gasteiger partial charge on any atom is -0.508 e. The predicted octanol–water partition coefficient (Wildman–Crippen LogP) is 4.64. The van der Waals surface area contributed by atoms with E-state index >= 15 is 0 Å². The van der Waals surface area contributed by atoms with E-state index in [1.165, 1.54) is 37.7 Å². The van der Waals surface area contributed by atoms with Crippen LogP contribution >= 0.6 is 0 Å². The molecular formula is C16H24O. The first-order chi connectivity index (χ1) is 8.16. The van der Waals surface area contributed by atoms with Crippen molar-refractivity contribution in [3.05, 3.63) is 29.3 Å². The monoisotopic (exact) mass is 232 g/mol. The van der Waals surface area contributed by atoms with Crippen molar-refractivity contribution < 1.29 is 5.11 Å². The first-order valence-electron chi connectivity index (χ1n) is 6.98. The Morgan fingerprint density at radius 3 is 2.53 bits per heavy atom. The lowest BCUT2D eigenvalue weighted by Gasteiger charge is -2.23. The van der Waals surface area contributed by atoms with Gasteiger partial charge in [0.25, 0.3) is 0 Å². The lowest BCUT2D eigenvalue weighted by Crippen LogP contribution is -2.05. The number of aromatic hydroxyl groups is 1. The van der Waals surface area contributed by atoms with Crippen LogP contribution in [0.1, 0.15) is 63.0 Å². The summed E-state index contributed by atoms with van der Waals surface area (Å²) in [5.74, 6) is 1.80. The van der Waals surface area contributed by atoms with E-state index in [9.17, 15) is 5.11 Å². The average molecular weight is 232 g/mol. The molecule has 1 aliphatic rings. The van der Waals surface area contributed by atoms with Gasteiger partial charge in [-0.2, -0.15) is 0 Å². The van der Waals surface area contributed by atoms with Gasteiger partial charge in [0.2, 0.25) is 0 Å². The standard InChI is InChI=1S/C16H24O/c1-12(2)10-15-11-14(8-9-16(15)17)13-6-4-3-5-7-13/h8-9,11-13,17H,3-7,10H2,1-2H3. The molecule has 17 heavy (non-hydrogen) atoms. The molecule has 0 saturated heterocycles. The van der Waals surface area contributed by atoms with Gasteiger partial charge >= 0.3 is 0 Å². The quantitative estimate of drug-likeness (QED) is 0.805. The van der Waals surface area contributed by atoms with Crippen molar-refractivity contribution in [3.8, 4) is 5.75 Å². The minimum absolute atomic E-state index is 0.471. The highest BCUT2D eigenvalue weighted by atomic mass is 16.3. The second-order valence-electron chi connectivity index (χ2n) is 5.82. The summed E-state index contributed by atoms with van der Waals surface area (Å²) in [7, 11) is 0. The number of phenolic OH excluding ortho intramolecular Hbond substituents is 1. The zero-order chi connectivity index (χ0) is 12.3. The van der Waals surface area contributed by atoms with Crippen molar-refractivity contribution in [3.63, 3.8) is 0 Å². The van der Waals surface area contributed by atoms with Crippen molar-refractivity contribution in [2.24, 2.45) is 5.92 Å². The summed E-state index contributed by atoms with van der Waals surface area (Å²) in [6.07, 6.45) is 7.76. The van der Waals surface area contributed by atoms with Gasteiger partial charge in [0.05, 0.1) is 0 Å². The van der Waals surface area contributed by atoms with Crippen LogP contribution in [0.4, 0.5) is 0 Å². The Bertz CT molecular complexity index is 362. The summed E-state index contributed by atoms with van der Waals surface area (Å²) in [4.78, 5) is 0. The van der Waals surface area contributed by atoms with Gasteiger partial charge in [0.1, 0.15) is 5.75 Å². The average Bonchev–Trinajstić information content (AvgIpc) is 2.32. The molecule has 0 unspecified atom stereocenters. The predicted molar refractivity (Wildman–Crippen MR) is 72.5 cm³/mol. The molecule has 0 radical (unpaired) electrons. The van der Waals surface area contributed by atoms with Crippen LogP contribution in [0.25, 0.3) is 0 Å². The Labute approximate surface area is 105 Å². The molecule has 0 spiro atoms. The van der Waals surface area contributed by atoms with Crippen LogP contribution in [-0.4, -0.2) is 5.11 Å². The lowest BCUT2D eigenvalue weighted by molar-refractivity contribution is 0.439. The highest BCUT2D eigenvalue weighted by Crippen LogP contribution is 2.34. The van der Waals surface area contributed by atoms with Crippen molar-refractivity contribution >= 4 is 0 Å². The second-order valence-corrected chi connectivity index (χ2v) is 5.82. The maximum atomic E-state index is 9.88. The summed E-state index contributed by atoms with van der Waals surface area (Å²) >= 11 is 0. The van der Waals surface area contributed by atoms with E-state index in [0.717, 1.165) is 17.9 Å². The summed E-state index contributed by atoms with van der Waals surface area (Å²) < 4.78 is 0. The number of hydrogen-bond donors (Lipinski definition) is 1. The fourth-order valence-electron chi connectivity index (χ4n) is 2.90. The minimum atomic E-state index is 0.471. The van der Waals surface area contributed by atoms with Crippen LogP contribution in [0.3, 0.4) is 0 Å². The Balaban J connectivity index is 2.17. The van der Waals surface area contributed by atoms with Gasteiger partial charge in [-0.15, -0.1) is 0 Å². The molecule has 0 amide bonds. The van der Waals surface area contributed by atoms with Gasteiger partial charge < -0.3 is 5.11 Å². The molecule has 0 heterocycles. The summed E-state index contributed by atoms with van der Waals surface area (Å²) in [5, 5.41) is 9.88. The number of hydrogen-bond acceptors (Lipinski definition) is 1. The molecular weight excluding hydrogens is 208 g/mol. The van der Waals surface area contributed by atoms with Crippen LogP contribution < -0.4 is 0 Å². The van der Waals surface area contributed by atoms with Crippen LogP contribution in [0, 0.1) is 5.92 Å². The van der Waals surface area contributed by atoms with E-state index in [2.05, 4.69) is 26.0 Å². The van der Waals surface area contributed by atoms with Crippen LogP contribution in [0.5, 0.6) is 5.75 Å². The first-order valence-corrected chi connectivity index (χ1v) is 6.98. The Morgan fingerprint density at radius 2 is 1.88 bits per heavy atom. The van der Waals surface area contributed by atoms with E-state index in [4.69, 9.17) is 0 Å². The van der Waals surface area contributed by atoms with E-state index in [0.29, 0.717) is 11.7 Å². The van der Waals surface area contributed by atoms with Gasteiger partial charge in [-0.05, 0) is 48.3 Å². The first kappa shape index (κ1) is 12.5. The molecule has 0 aromatic heterocycles. The summed E-state index contributed by atoms with van der Waals surface area (Å²) in [6.45, 7) is 4.40. The third-order valence-electron chi connectivity index (χ3n) is 3.81. The molecule has 0 bridgehead atoms. The van der Waals surface area contributed by atoms with Crippen molar-refractivity contribution in [1.82, 2.24) is 0 Å². The highest BCUT2D eigenvalue weighted by molar-refractivity contribution is 5.38. The largest absolute Gasteiger partial charge is 0.508 e. The van der Waals surface area contributed by atoms with Crippen LogP contribution in [0.2, 0.25) is 0 Å². The fourth-order valence-corrected chi connectivity index (χ4v) is 2.90. The molecule has 1 saturated carbocycles. The van der Waals surface area contributed by atoms with E-state index < -0.39 is 0 Å². The van der Waals surface area contributed by atoms with Crippen molar-refractivity contribution in [2.45, 2.75) is 58.3 Å². The second kappa shape index (κ2) is 5.57. The molecule has 1 aromatic rings. The Kier molecular flexibility index (Phi) is 4.09. The Morgan fingerprint density at radius 1 is 1.18 bits per heavy atom. The van der Waals surface area contributed by atoms with Gasteiger partial charge in [0, 0.05) is 0 Å². The van der Waals surface area contributed by atoms with Gasteiger partial charge in [-0.3, -0.25) is 0 Å². The molecule has 1 nitrogen and oxygen atoms in total. The number of phenols is 1. The van der Waals surface area contributed by atoms with Crippen molar-refractivity contribution in [2.75, 3.05) is 0 Å². The van der Waals surface area contributed by atoms with Gasteiger partial charge in [-0.25, -0.2) is 0 Å². The third-order valence-corrected chi connectivity index (χ3v) is 3.81. The van der Waals surface area contributed by atoms with Gasteiger partial charge in [0.15, 0.2) is 0 Å². The maximum Gasteiger partial charge on any atom is 0.118 e. The van der Waals surface area contributed by atoms with E-state index in [1.54, 1.807) is 0 Å². The number of rotatable bonds is 3. The van der Waals surface area contributed by atoms with Crippen LogP contribution in [-0.2, 0) is 6.42 Å². The third kappa shape index (κ3) is 3.24. The molecule has 1 fully saturated rings. The molecule has 1 heteroatoms. The molecule has 1 aliphatic carbocycles. The van der Waals surface area contributed by atoms with Crippen LogP contribution in [0.15, 0.2) is 18.2 Å². The molecule has 0 aliphatic heterocycles. The highest BCUT2D eigenvalue weighted by Gasteiger charge is 2.16. The van der Waals surface area contributed by atoms with Gasteiger partial charge in [-0.1, -0.05) is 45.2 Å². The summed E-state index contributed by atoms with van der Waals surface area (Å²) in [6, 6.07) is 6.25. The molecule has 1 aromatic carbocycles. The lowest BCUT2D eigenvalue weighted by atomic mass is 9.83. The van der Waals surface area contributed by atoms with E-state index in [1.807, 2.05) is 6.07 Å². The van der Waals surface area contributed by atoms with E-state index in [-0.39, 0.29) is 0 Å². The SMILES string of the molecule is CC(C)Cc1cc(C2CCCCC2)ccc1O. The fraction of sp³-hybridized carbons (Fsp3) is 0.625. The molecule has 94 valence electrons. The molecule has 2 rings (SSSR count).